The lowest BCUT2D eigenvalue weighted by atomic mass is 10.1. The van der Waals surface area contributed by atoms with E-state index in [4.69, 9.17) is 5.11 Å². The lowest BCUT2D eigenvalue weighted by molar-refractivity contribution is -0.138. The number of carbonyl (C=O) groups excluding carboxylic acids is 1. The summed E-state index contributed by atoms with van der Waals surface area (Å²) in [6.45, 7) is 0. The van der Waals surface area contributed by atoms with Crippen LogP contribution >= 0.6 is 0 Å². The van der Waals surface area contributed by atoms with E-state index in [2.05, 4.69) is 4.99 Å². The summed E-state index contributed by atoms with van der Waals surface area (Å²) in [7, 11) is 0. The second-order valence-corrected chi connectivity index (χ2v) is 3.10. The first kappa shape index (κ1) is 11.1. The number of carbonyl (C=O) groups is 1. The Morgan fingerprint density at radius 2 is 2.07 bits per heavy atom. The van der Waals surface area contributed by atoms with Gasteiger partial charge in [-0.25, -0.2) is 9.59 Å². The molecule has 0 aliphatic heterocycles. The first-order valence-electron chi connectivity index (χ1n) is 4.57. The molecule has 0 amide bonds. The Labute approximate surface area is 87.3 Å². The van der Waals surface area contributed by atoms with E-state index in [1.165, 1.54) is 6.08 Å². The molecule has 4 nitrogen and oxygen atoms in total. The maximum absolute atomic E-state index is 10.6. The topological polar surface area (TPSA) is 66.7 Å². The summed E-state index contributed by atoms with van der Waals surface area (Å²) in [6.07, 6.45) is 2.18. The van der Waals surface area contributed by atoms with Gasteiger partial charge in [0.1, 0.15) is 0 Å². The van der Waals surface area contributed by atoms with Gasteiger partial charge in [0, 0.05) is 0 Å². The Kier molecular flexibility index (Phi) is 4.26. The van der Waals surface area contributed by atoms with Crippen LogP contribution in [0.25, 0.3) is 0 Å². The molecule has 0 aromatic heterocycles. The molecule has 78 valence electrons. The highest BCUT2D eigenvalue weighted by atomic mass is 16.4. The number of aliphatic carboxylic acids is 1. The van der Waals surface area contributed by atoms with Crippen molar-refractivity contribution in [3.05, 3.63) is 35.9 Å². The van der Waals surface area contributed by atoms with Crippen LogP contribution in [0.5, 0.6) is 0 Å². The van der Waals surface area contributed by atoms with Crippen LogP contribution in [-0.2, 0) is 16.0 Å². The average Bonchev–Trinajstić information content (AvgIpc) is 2.25. The minimum atomic E-state index is -1.09. The first-order chi connectivity index (χ1) is 7.24. The molecule has 0 heterocycles. The van der Waals surface area contributed by atoms with E-state index in [9.17, 15) is 9.59 Å². The average molecular weight is 205 g/mol. The third-order valence-corrected chi connectivity index (χ3v) is 2.04. The van der Waals surface area contributed by atoms with Crippen LogP contribution in [0, 0.1) is 0 Å². The number of aryl methyl sites for hydroxylation is 1. The predicted molar refractivity (Wildman–Crippen MR) is 54.3 cm³/mol. The summed E-state index contributed by atoms with van der Waals surface area (Å²) in [5, 5.41) is 8.71. The van der Waals surface area contributed by atoms with Gasteiger partial charge in [0.15, 0.2) is 6.04 Å². The molecule has 1 aromatic rings. The van der Waals surface area contributed by atoms with Crippen molar-refractivity contribution in [2.45, 2.75) is 18.9 Å². The molecule has 1 unspecified atom stereocenters. The number of hydrogen-bond acceptors (Lipinski definition) is 3. The molecule has 1 N–H and O–H groups in total. The van der Waals surface area contributed by atoms with E-state index in [1.54, 1.807) is 0 Å². The summed E-state index contributed by atoms with van der Waals surface area (Å²) < 4.78 is 0. The van der Waals surface area contributed by atoms with E-state index < -0.39 is 12.0 Å². The first-order valence-corrected chi connectivity index (χ1v) is 4.57. The van der Waals surface area contributed by atoms with E-state index in [-0.39, 0.29) is 0 Å². The van der Waals surface area contributed by atoms with Crippen LogP contribution in [0.4, 0.5) is 0 Å². The van der Waals surface area contributed by atoms with Gasteiger partial charge in [0.05, 0.1) is 0 Å². The number of hydrogen-bond donors (Lipinski definition) is 1. The molecule has 15 heavy (non-hydrogen) atoms. The largest absolute Gasteiger partial charge is 0.480 e. The van der Waals surface area contributed by atoms with Crippen molar-refractivity contribution in [2.24, 2.45) is 4.99 Å². The van der Waals surface area contributed by atoms with E-state index >= 15 is 0 Å². The Bertz CT molecular complexity index is 367. The highest BCUT2D eigenvalue weighted by Gasteiger charge is 2.15. The molecular weight excluding hydrogens is 194 g/mol. The van der Waals surface area contributed by atoms with Crippen LogP contribution in [0.2, 0.25) is 0 Å². The zero-order valence-electron chi connectivity index (χ0n) is 8.09. The molecular formula is C11H11NO3. The van der Waals surface area contributed by atoms with Gasteiger partial charge in [-0.15, -0.1) is 0 Å². The fourth-order valence-corrected chi connectivity index (χ4v) is 1.25. The highest BCUT2D eigenvalue weighted by molar-refractivity contribution is 5.74. The Hall–Kier alpha value is -1.93. The molecule has 0 saturated heterocycles. The lowest BCUT2D eigenvalue weighted by Crippen LogP contribution is -2.18. The third-order valence-electron chi connectivity index (χ3n) is 2.04. The van der Waals surface area contributed by atoms with Gasteiger partial charge in [-0.05, 0) is 18.4 Å². The van der Waals surface area contributed by atoms with E-state index in [0.717, 1.165) is 5.56 Å². The molecule has 0 aliphatic carbocycles. The molecule has 0 fully saturated rings. The summed E-state index contributed by atoms with van der Waals surface area (Å²) in [5.41, 5.74) is 1.03. The molecule has 0 radical (unpaired) electrons. The normalized spacial score (nSPS) is 11.5. The van der Waals surface area contributed by atoms with Crippen molar-refractivity contribution in [3.63, 3.8) is 0 Å². The summed E-state index contributed by atoms with van der Waals surface area (Å²) >= 11 is 0. The fraction of sp³-hybridized carbons (Fsp3) is 0.273. The zero-order chi connectivity index (χ0) is 11.1. The van der Waals surface area contributed by atoms with Crippen molar-refractivity contribution < 1.29 is 14.7 Å². The SMILES string of the molecule is O=C=NC(CCc1ccccc1)C(=O)O. The summed E-state index contributed by atoms with van der Waals surface area (Å²) in [6, 6.07) is 8.49. The van der Waals surface area contributed by atoms with Crippen molar-refractivity contribution >= 4 is 12.0 Å². The minimum Gasteiger partial charge on any atom is -0.480 e. The molecule has 1 aromatic carbocycles. The van der Waals surface area contributed by atoms with Crippen molar-refractivity contribution in [2.75, 3.05) is 0 Å². The standard InChI is InChI=1S/C11H11NO3/c13-8-12-10(11(14)15)7-6-9-4-2-1-3-5-9/h1-5,10H,6-7H2,(H,14,15). The minimum absolute atomic E-state index is 0.314. The predicted octanol–water partition coefficient (Wildman–Crippen LogP) is 1.41. The van der Waals surface area contributed by atoms with E-state index in [1.807, 2.05) is 30.3 Å². The number of nitrogens with zero attached hydrogens (tertiary/aromatic N) is 1. The molecule has 1 atom stereocenters. The monoisotopic (exact) mass is 205 g/mol. The van der Waals surface area contributed by atoms with Crippen molar-refractivity contribution in [1.29, 1.82) is 0 Å². The van der Waals surface area contributed by atoms with Gasteiger partial charge in [-0.2, -0.15) is 4.99 Å². The van der Waals surface area contributed by atoms with Crippen LogP contribution in [0.3, 0.4) is 0 Å². The number of benzene rings is 1. The molecule has 0 saturated carbocycles. The Morgan fingerprint density at radius 3 is 2.60 bits per heavy atom. The van der Waals surface area contributed by atoms with Crippen LogP contribution < -0.4 is 0 Å². The van der Waals surface area contributed by atoms with Crippen LogP contribution in [-0.4, -0.2) is 23.2 Å². The third kappa shape index (κ3) is 3.75. The van der Waals surface area contributed by atoms with Crippen molar-refractivity contribution in [1.82, 2.24) is 0 Å². The van der Waals surface area contributed by atoms with Crippen LogP contribution in [0.15, 0.2) is 35.3 Å². The smallest absolute Gasteiger partial charge is 0.329 e. The Morgan fingerprint density at radius 1 is 1.40 bits per heavy atom. The summed E-state index contributed by atoms with van der Waals surface area (Å²) in [5.74, 6) is -1.09. The second kappa shape index (κ2) is 5.73. The van der Waals surface area contributed by atoms with Gasteiger partial charge < -0.3 is 5.11 Å². The quantitative estimate of drug-likeness (QED) is 0.583. The zero-order valence-corrected chi connectivity index (χ0v) is 8.09. The highest BCUT2D eigenvalue weighted by Crippen LogP contribution is 2.07. The Balaban J connectivity index is 2.54. The second-order valence-electron chi connectivity index (χ2n) is 3.10. The van der Waals surface area contributed by atoms with E-state index in [0.29, 0.717) is 12.8 Å². The van der Waals surface area contributed by atoms with Gasteiger partial charge in [-0.1, -0.05) is 30.3 Å². The molecule has 0 aliphatic rings. The molecule has 1 rings (SSSR count). The number of isocyanates is 1. The van der Waals surface area contributed by atoms with Crippen LogP contribution in [0.1, 0.15) is 12.0 Å². The number of carboxylic acid groups (broad SMARTS) is 1. The van der Waals surface area contributed by atoms with Gasteiger partial charge in [0.25, 0.3) is 0 Å². The fourth-order valence-electron chi connectivity index (χ4n) is 1.25. The molecule has 4 heteroatoms. The van der Waals surface area contributed by atoms with Gasteiger partial charge in [-0.3, -0.25) is 0 Å². The number of aliphatic imine (C=N–C) groups is 1. The van der Waals surface area contributed by atoms with Crippen molar-refractivity contribution in [3.8, 4) is 0 Å². The van der Waals surface area contributed by atoms with Gasteiger partial charge >= 0.3 is 5.97 Å². The molecule has 0 bridgehead atoms. The lowest BCUT2D eigenvalue weighted by Gasteiger charge is -2.04. The maximum atomic E-state index is 10.6. The summed E-state index contributed by atoms with van der Waals surface area (Å²) in [4.78, 5) is 23.8. The maximum Gasteiger partial charge on any atom is 0.329 e. The number of carboxylic acids is 1. The van der Waals surface area contributed by atoms with Gasteiger partial charge in [0.2, 0.25) is 6.08 Å². The number of rotatable bonds is 5. The molecule has 0 spiro atoms.